The minimum atomic E-state index is -0.422. The van der Waals surface area contributed by atoms with Crippen molar-refractivity contribution >= 4 is 5.91 Å². The molecule has 1 aromatic heterocycles. The second-order valence-corrected chi connectivity index (χ2v) is 5.97. The number of carbonyl (C=O) groups excluding carboxylic acids is 1. The summed E-state index contributed by atoms with van der Waals surface area (Å²) in [6, 6.07) is 8.99. The maximum absolute atomic E-state index is 12.3. The Morgan fingerprint density at radius 1 is 1.30 bits per heavy atom. The topological polar surface area (TPSA) is 84.1 Å². The van der Waals surface area contributed by atoms with Gasteiger partial charge in [-0.2, -0.15) is 4.80 Å². The van der Waals surface area contributed by atoms with E-state index < -0.39 is 6.10 Å². The second-order valence-electron chi connectivity index (χ2n) is 5.97. The van der Waals surface area contributed by atoms with Gasteiger partial charge in [-0.25, -0.2) is 0 Å². The Bertz CT molecular complexity index is 658. The first-order chi connectivity index (χ1) is 11.1. The highest BCUT2D eigenvalue weighted by atomic mass is 16.3. The monoisotopic (exact) mass is 315 g/mol. The number of tetrazole rings is 1. The molecule has 0 radical (unpaired) electrons. The third-order valence-corrected chi connectivity index (χ3v) is 4.21. The van der Waals surface area contributed by atoms with Gasteiger partial charge in [0, 0.05) is 12.6 Å². The van der Waals surface area contributed by atoms with Gasteiger partial charge in [0.2, 0.25) is 0 Å². The summed E-state index contributed by atoms with van der Waals surface area (Å²) in [7, 11) is 1.71. The number of amides is 1. The van der Waals surface area contributed by atoms with E-state index in [1.54, 1.807) is 24.1 Å². The molecule has 7 heteroatoms. The van der Waals surface area contributed by atoms with Crippen LogP contribution in [0.5, 0.6) is 0 Å². The molecule has 0 unspecified atom stereocenters. The van der Waals surface area contributed by atoms with Gasteiger partial charge in [-0.05, 0) is 30.2 Å². The van der Waals surface area contributed by atoms with Crippen LogP contribution in [0.25, 0.3) is 0 Å². The van der Waals surface area contributed by atoms with Crippen LogP contribution in [0.4, 0.5) is 0 Å². The highest BCUT2D eigenvalue weighted by Crippen LogP contribution is 2.27. The lowest BCUT2D eigenvalue weighted by atomic mass is 9.93. The fraction of sp³-hybridized carbons (Fsp3) is 0.500. The molecule has 1 amide bonds. The third-order valence-electron chi connectivity index (χ3n) is 4.21. The molecular weight excluding hydrogens is 294 g/mol. The number of nitrogens with zero attached hydrogens (tertiary/aromatic N) is 5. The van der Waals surface area contributed by atoms with Crippen LogP contribution in [0.2, 0.25) is 0 Å². The molecule has 23 heavy (non-hydrogen) atoms. The van der Waals surface area contributed by atoms with E-state index in [9.17, 15) is 9.90 Å². The second kappa shape index (κ2) is 6.87. The Hall–Kier alpha value is -2.28. The van der Waals surface area contributed by atoms with E-state index in [1.165, 1.54) is 4.80 Å². The van der Waals surface area contributed by atoms with E-state index in [4.69, 9.17) is 0 Å². The molecule has 7 nitrogen and oxygen atoms in total. The molecule has 1 aliphatic carbocycles. The number of aliphatic hydroxyl groups is 1. The molecule has 3 rings (SSSR count). The van der Waals surface area contributed by atoms with E-state index in [-0.39, 0.29) is 18.5 Å². The van der Waals surface area contributed by atoms with Gasteiger partial charge >= 0.3 is 0 Å². The molecule has 0 saturated heterocycles. The quantitative estimate of drug-likeness (QED) is 0.922. The molecule has 2 atom stereocenters. The lowest BCUT2D eigenvalue weighted by Gasteiger charge is -2.25. The lowest BCUT2D eigenvalue weighted by Crippen LogP contribution is -2.29. The zero-order valence-corrected chi connectivity index (χ0v) is 13.2. The van der Waals surface area contributed by atoms with Crippen molar-refractivity contribution in [2.45, 2.75) is 44.4 Å². The predicted octanol–water partition coefficient (Wildman–Crippen LogP) is 1.42. The van der Waals surface area contributed by atoms with E-state index in [0.717, 1.165) is 25.7 Å². The van der Waals surface area contributed by atoms with E-state index in [1.807, 2.05) is 18.2 Å². The Labute approximate surface area is 134 Å². The van der Waals surface area contributed by atoms with Gasteiger partial charge in [0.1, 0.15) is 0 Å². The number of rotatable bonds is 4. The summed E-state index contributed by atoms with van der Waals surface area (Å²) >= 11 is 0. The average molecular weight is 315 g/mol. The van der Waals surface area contributed by atoms with Crippen molar-refractivity contribution in [2.24, 2.45) is 0 Å². The molecular formula is C16H21N5O2. The Morgan fingerprint density at radius 3 is 2.78 bits per heavy atom. The zero-order chi connectivity index (χ0) is 16.2. The van der Waals surface area contributed by atoms with Crippen LogP contribution in [-0.4, -0.2) is 49.3 Å². The van der Waals surface area contributed by atoms with Gasteiger partial charge < -0.3 is 10.0 Å². The number of hydrogen-bond acceptors (Lipinski definition) is 5. The first-order valence-electron chi connectivity index (χ1n) is 7.92. The molecule has 0 aliphatic heterocycles. The normalized spacial score (nSPS) is 21.1. The summed E-state index contributed by atoms with van der Waals surface area (Å²) in [6.07, 6.45) is 3.30. The van der Waals surface area contributed by atoms with Crippen LogP contribution in [0, 0.1) is 0 Å². The Morgan fingerprint density at radius 2 is 2.04 bits per heavy atom. The van der Waals surface area contributed by atoms with Crippen molar-refractivity contribution < 1.29 is 9.90 Å². The molecule has 1 fully saturated rings. The van der Waals surface area contributed by atoms with Gasteiger partial charge in [-0.1, -0.05) is 31.0 Å². The van der Waals surface area contributed by atoms with Crippen molar-refractivity contribution in [2.75, 3.05) is 7.05 Å². The van der Waals surface area contributed by atoms with E-state index >= 15 is 0 Å². The molecule has 1 aliphatic rings. The zero-order valence-electron chi connectivity index (χ0n) is 13.2. The summed E-state index contributed by atoms with van der Waals surface area (Å²) in [4.78, 5) is 15.4. The fourth-order valence-corrected chi connectivity index (χ4v) is 2.91. The summed E-state index contributed by atoms with van der Waals surface area (Å²) in [6.45, 7) is 0.288. The summed E-state index contributed by atoms with van der Waals surface area (Å²) in [5.74, 6) is 0.397. The van der Waals surface area contributed by atoms with Crippen molar-refractivity contribution in [3.05, 3.63) is 41.7 Å². The molecule has 1 aromatic carbocycles. The van der Waals surface area contributed by atoms with Crippen molar-refractivity contribution in [1.82, 2.24) is 25.1 Å². The summed E-state index contributed by atoms with van der Waals surface area (Å²) < 4.78 is 0. The Kier molecular flexibility index (Phi) is 4.66. The Balaban J connectivity index is 1.65. The molecule has 1 saturated carbocycles. The van der Waals surface area contributed by atoms with Crippen molar-refractivity contribution in [3.63, 3.8) is 0 Å². The van der Waals surface area contributed by atoms with Crippen molar-refractivity contribution in [3.8, 4) is 0 Å². The number of aliphatic hydroxyl groups excluding tert-OH is 1. The molecule has 1 heterocycles. The maximum atomic E-state index is 12.3. The third kappa shape index (κ3) is 3.56. The van der Waals surface area contributed by atoms with Crippen LogP contribution < -0.4 is 0 Å². The first-order valence-corrected chi connectivity index (χ1v) is 7.92. The molecule has 1 N–H and O–H groups in total. The standard InChI is InChI=1S/C16H21N5O2/c1-20(16(23)12-7-3-2-4-8-12)11-15-17-19-21(18-15)13-9-5-6-10-14(13)22/h2-4,7-8,13-14,22H,5-6,9-11H2,1H3/t13-,14-/m0/s1. The molecule has 0 spiro atoms. The van der Waals surface area contributed by atoms with Crippen LogP contribution in [0.1, 0.15) is 47.9 Å². The van der Waals surface area contributed by atoms with Gasteiger partial charge in [-0.15, -0.1) is 10.2 Å². The fourth-order valence-electron chi connectivity index (χ4n) is 2.91. The van der Waals surface area contributed by atoms with Crippen LogP contribution in [0.15, 0.2) is 30.3 Å². The van der Waals surface area contributed by atoms with Crippen LogP contribution in [-0.2, 0) is 6.54 Å². The van der Waals surface area contributed by atoms with Crippen LogP contribution >= 0.6 is 0 Å². The molecule has 122 valence electrons. The van der Waals surface area contributed by atoms with Gasteiger partial charge in [0.05, 0.1) is 18.7 Å². The number of aromatic nitrogens is 4. The van der Waals surface area contributed by atoms with Gasteiger partial charge in [0.25, 0.3) is 5.91 Å². The predicted molar refractivity (Wildman–Crippen MR) is 83.6 cm³/mol. The van der Waals surface area contributed by atoms with Crippen molar-refractivity contribution in [1.29, 1.82) is 0 Å². The SMILES string of the molecule is CN(Cc1nnn([C@H]2CCCC[C@@H]2O)n1)C(=O)c1ccccc1. The number of hydrogen-bond donors (Lipinski definition) is 1. The highest BCUT2D eigenvalue weighted by Gasteiger charge is 2.27. The number of benzene rings is 1. The largest absolute Gasteiger partial charge is 0.391 e. The van der Waals surface area contributed by atoms with Crippen LogP contribution in [0.3, 0.4) is 0 Å². The first kappa shape index (κ1) is 15.6. The van der Waals surface area contributed by atoms with E-state index in [0.29, 0.717) is 11.4 Å². The minimum Gasteiger partial charge on any atom is -0.391 e. The minimum absolute atomic E-state index is 0.0837. The van der Waals surface area contributed by atoms with Gasteiger partial charge in [0.15, 0.2) is 5.82 Å². The maximum Gasteiger partial charge on any atom is 0.254 e. The summed E-state index contributed by atoms with van der Waals surface area (Å²) in [5, 5.41) is 22.5. The van der Waals surface area contributed by atoms with E-state index in [2.05, 4.69) is 15.4 Å². The van der Waals surface area contributed by atoms with Gasteiger partial charge in [-0.3, -0.25) is 4.79 Å². The smallest absolute Gasteiger partial charge is 0.254 e. The summed E-state index contributed by atoms with van der Waals surface area (Å²) in [5.41, 5.74) is 0.630. The number of carbonyl (C=O) groups is 1. The molecule has 2 aromatic rings. The average Bonchev–Trinajstić information content (AvgIpc) is 3.03. The highest BCUT2D eigenvalue weighted by molar-refractivity contribution is 5.93. The lowest BCUT2D eigenvalue weighted by molar-refractivity contribution is 0.0609. The molecule has 0 bridgehead atoms.